The number of hydrogen-bond acceptors (Lipinski definition) is 10. The first-order valence-electron chi connectivity index (χ1n) is 14.7. The van der Waals surface area contributed by atoms with Crippen LogP contribution in [0, 0.1) is 10.1 Å². The van der Waals surface area contributed by atoms with E-state index in [0.717, 1.165) is 25.0 Å². The fourth-order valence-electron chi connectivity index (χ4n) is 4.41. The van der Waals surface area contributed by atoms with Crippen LogP contribution in [-0.2, 0) is 9.47 Å². The summed E-state index contributed by atoms with van der Waals surface area (Å²) in [4.78, 5) is 48.2. The quantitative estimate of drug-likeness (QED) is 0.0704. The molecule has 0 aromatic heterocycles. The molecular formula is C32H35N3O10. The van der Waals surface area contributed by atoms with Gasteiger partial charge < -0.3 is 33.9 Å². The second-order valence-electron chi connectivity index (χ2n) is 10.1. The Morgan fingerprint density at radius 3 is 2.07 bits per heavy atom. The zero-order valence-electron chi connectivity index (χ0n) is 24.6. The zero-order valence-corrected chi connectivity index (χ0v) is 24.6. The van der Waals surface area contributed by atoms with Crippen LogP contribution in [0.5, 0.6) is 23.0 Å². The Morgan fingerprint density at radius 1 is 0.778 bits per heavy atom. The van der Waals surface area contributed by atoms with Crippen molar-refractivity contribution in [2.45, 2.75) is 44.6 Å². The van der Waals surface area contributed by atoms with Crippen LogP contribution in [0.2, 0.25) is 0 Å². The predicted molar refractivity (Wildman–Crippen MR) is 162 cm³/mol. The molecular weight excluding hydrogens is 586 g/mol. The van der Waals surface area contributed by atoms with Gasteiger partial charge in [0, 0.05) is 44.6 Å². The summed E-state index contributed by atoms with van der Waals surface area (Å²) < 4.78 is 26.7. The number of nitrogens with one attached hydrogen (secondary N) is 1. The fraction of sp³-hybridized carbons (Fsp3) is 0.344. The average Bonchev–Trinajstić information content (AvgIpc) is 3.04. The van der Waals surface area contributed by atoms with Gasteiger partial charge >= 0.3 is 18.3 Å². The summed E-state index contributed by atoms with van der Waals surface area (Å²) in [6.07, 6.45) is 1.75. The number of amides is 2. The maximum atomic E-state index is 12.4. The van der Waals surface area contributed by atoms with Gasteiger partial charge in [0.25, 0.3) is 5.69 Å². The van der Waals surface area contributed by atoms with Gasteiger partial charge in [-0.1, -0.05) is 24.6 Å². The van der Waals surface area contributed by atoms with E-state index < -0.39 is 29.4 Å². The number of non-ortho nitro benzene ring substituents is 1. The van der Waals surface area contributed by atoms with E-state index in [2.05, 4.69) is 5.32 Å². The van der Waals surface area contributed by atoms with Crippen molar-refractivity contribution in [3.63, 3.8) is 0 Å². The summed E-state index contributed by atoms with van der Waals surface area (Å²) in [5.74, 6) is 1.90. The molecule has 3 aromatic rings. The minimum atomic E-state index is -0.906. The summed E-state index contributed by atoms with van der Waals surface area (Å²) in [5, 5.41) is 13.4. The Labute approximate surface area is 260 Å². The normalized spacial score (nSPS) is 12.9. The summed E-state index contributed by atoms with van der Waals surface area (Å²) in [6, 6.07) is 21.3. The number of nitro benzene ring substituents is 1. The molecule has 1 saturated heterocycles. The zero-order chi connectivity index (χ0) is 31.9. The molecule has 45 heavy (non-hydrogen) atoms. The molecule has 0 aliphatic carbocycles. The number of unbranched alkanes of at least 4 members (excludes halogenated alkanes) is 3. The number of nitro groups is 1. The number of carbonyl (C=O) groups excluding carboxylic acids is 3. The number of hydrogen-bond donors (Lipinski definition) is 1. The van der Waals surface area contributed by atoms with Gasteiger partial charge in [0.05, 0.1) is 11.5 Å². The van der Waals surface area contributed by atoms with Gasteiger partial charge in [0.15, 0.2) is 0 Å². The Kier molecular flexibility index (Phi) is 12.4. The number of para-hydroxylation sites is 1. The molecule has 0 unspecified atom stereocenters. The number of rotatable bonds is 13. The second-order valence-corrected chi connectivity index (χ2v) is 10.1. The molecule has 0 radical (unpaired) electrons. The van der Waals surface area contributed by atoms with Gasteiger partial charge in [-0.2, -0.15) is 0 Å². The summed E-state index contributed by atoms with van der Waals surface area (Å²) in [7, 11) is 0. The molecule has 4 rings (SSSR count). The van der Waals surface area contributed by atoms with Gasteiger partial charge in [-0.05, 0) is 67.8 Å². The van der Waals surface area contributed by atoms with E-state index in [9.17, 15) is 24.5 Å². The van der Waals surface area contributed by atoms with Gasteiger partial charge in [-0.25, -0.2) is 14.4 Å². The number of likely N-dealkylation sites (tertiary alicyclic amines) is 1. The van der Waals surface area contributed by atoms with Crippen LogP contribution in [0.3, 0.4) is 0 Å². The highest BCUT2D eigenvalue weighted by Gasteiger charge is 2.26. The largest absolute Gasteiger partial charge is 0.514 e. The number of carbonyl (C=O) groups is 3. The standard InChI is InChI=1S/C32H35N3O10/c36-30(43-27-16-14-26(15-17-27)42-25-8-4-3-5-9-25)33-20-6-1-2-7-23-41-31(37)34-21-18-29(19-22-34)45-32(38)44-28-12-10-24(11-13-28)35(39)40/h3-5,8-17,29H,1-2,6-7,18-23H2,(H,33,36). The van der Waals surface area contributed by atoms with Crippen LogP contribution in [0.15, 0.2) is 78.9 Å². The van der Waals surface area contributed by atoms with Crippen LogP contribution in [0.25, 0.3) is 0 Å². The van der Waals surface area contributed by atoms with Gasteiger partial charge in [0.1, 0.15) is 29.1 Å². The van der Waals surface area contributed by atoms with Crippen molar-refractivity contribution in [3.05, 3.63) is 89.0 Å². The lowest BCUT2D eigenvalue weighted by Crippen LogP contribution is -2.42. The average molecular weight is 622 g/mol. The third-order valence-corrected chi connectivity index (χ3v) is 6.79. The Hall–Kier alpha value is -5.33. The molecule has 1 aliphatic heterocycles. The molecule has 1 N–H and O–H groups in total. The highest BCUT2D eigenvalue weighted by Crippen LogP contribution is 2.24. The fourth-order valence-corrected chi connectivity index (χ4v) is 4.41. The third-order valence-electron chi connectivity index (χ3n) is 6.79. The van der Waals surface area contributed by atoms with E-state index in [0.29, 0.717) is 50.4 Å². The minimum Gasteiger partial charge on any atom is -0.457 e. The van der Waals surface area contributed by atoms with E-state index in [4.69, 9.17) is 23.7 Å². The SMILES string of the molecule is O=C(NCCCCCCOC(=O)N1CCC(OC(=O)Oc2ccc([N+](=O)[O-])cc2)CC1)Oc1ccc(Oc2ccccc2)cc1. The number of nitrogens with zero attached hydrogens (tertiary/aromatic N) is 2. The molecule has 238 valence electrons. The molecule has 0 spiro atoms. The van der Waals surface area contributed by atoms with Crippen molar-refractivity contribution in [2.75, 3.05) is 26.2 Å². The Bertz CT molecular complexity index is 1390. The molecule has 1 aliphatic rings. The summed E-state index contributed by atoms with van der Waals surface area (Å²) >= 11 is 0. The maximum Gasteiger partial charge on any atom is 0.514 e. The topological polar surface area (TPSA) is 156 Å². The predicted octanol–water partition coefficient (Wildman–Crippen LogP) is 6.85. The van der Waals surface area contributed by atoms with Gasteiger partial charge in [-0.15, -0.1) is 0 Å². The van der Waals surface area contributed by atoms with Crippen LogP contribution >= 0.6 is 0 Å². The van der Waals surface area contributed by atoms with Crippen LogP contribution in [0.4, 0.5) is 20.1 Å². The van der Waals surface area contributed by atoms with Crippen molar-refractivity contribution >= 4 is 24.0 Å². The summed E-state index contributed by atoms with van der Waals surface area (Å²) in [5.41, 5.74) is -0.114. The van der Waals surface area contributed by atoms with Crippen molar-refractivity contribution in [1.29, 1.82) is 0 Å². The highest BCUT2D eigenvalue weighted by molar-refractivity contribution is 5.70. The van der Waals surface area contributed by atoms with E-state index in [-0.39, 0.29) is 18.0 Å². The lowest BCUT2D eigenvalue weighted by Gasteiger charge is -2.30. The lowest BCUT2D eigenvalue weighted by atomic mass is 10.1. The molecule has 13 nitrogen and oxygen atoms in total. The Balaban J connectivity index is 0.991. The second kappa shape index (κ2) is 17.1. The van der Waals surface area contributed by atoms with Crippen molar-refractivity contribution in [1.82, 2.24) is 10.2 Å². The molecule has 0 bridgehead atoms. The molecule has 13 heteroatoms. The van der Waals surface area contributed by atoms with Crippen molar-refractivity contribution in [3.8, 4) is 23.0 Å². The molecule has 1 fully saturated rings. The van der Waals surface area contributed by atoms with Crippen LogP contribution in [0.1, 0.15) is 38.5 Å². The first-order valence-corrected chi connectivity index (χ1v) is 14.7. The maximum absolute atomic E-state index is 12.4. The molecule has 1 heterocycles. The smallest absolute Gasteiger partial charge is 0.457 e. The highest BCUT2D eigenvalue weighted by atomic mass is 16.7. The molecule has 0 atom stereocenters. The minimum absolute atomic E-state index is 0.114. The number of piperidine rings is 1. The molecule has 2 amide bonds. The van der Waals surface area contributed by atoms with E-state index in [1.54, 1.807) is 29.2 Å². The first-order chi connectivity index (χ1) is 21.9. The van der Waals surface area contributed by atoms with Gasteiger partial charge in [-0.3, -0.25) is 10.1 Å². The van der Waals surface area contributed by atoms with Gasteiger partial charge in [0.2, 0.25) is 0 Å². The lowest BCUT2D eigenvalue weighted by molar-refractivity contribution is -0.384. The molecule has 0 saturated carbocycles. The number of ether oxygens (including phenoxy) is 5. The van der Waals surface area contributed by atoms with Crippen LogP contribution in [-0.4, -0.2) is 60.5 Å². The van der Waals surface area contributed by atoms with E-state index in [1.807, 2.05) is 30.3 Å². The monoisotopic (exact) mass is 621 g/mol. The number of benzene rings is 3. The third kappa shape index (κ3) is 11.4. The summed E-state index contributed by atoms with van der Waals surface area (Å²) in [6.45, 7) is 1.51. The van der Waals surface area contributed by atoms with Crippen LogP contribution < -0.4 is 19.5 Å². The van der Waals surface area contributed by atoms with Crippen molar-refractivity contribution in [2.24, 2.45) is 0 Å². The Morgan fingerprint density at radius 2 is 1.38 bits per heavy atom. The van der Waals surface area contributed by atoms with E-state index >= 15 is 0 Å². The first kappa shape index (κ1) is 32.6. The molecule has 3 aromatic carbocycles. The van der Waals surface area contributed by atoms with Crippen molar-refractivity contribution < 1.29 is 43.0 Å². The van der Waals surface area contributed by atoms with E-state index in [1.165, 1.54) is 24.3 Å².